The third-order valence-corrected chi connectivity index (χ3v) is 6.50. The van der Waals surface area contributed by atoms with Crippen molar-refractivity contribution in [2.75, 3.05) is 18.0 Å². The van der Waals surface area contributed by atoms with E-state index < -0.39 is 0 Å². The second-order valence-electron chi connectivity index (χ2n) is 6.97. The average molecular weight is 380 g/mol. The Balaban J connectivity index is 1.50. The van der Waals surface area contributed by atoms with Gasteiger partial charge in [-0.25, -0.2) is 14.6 Å². The molecule has 0 aliphatic carbocycles. The lowest BCUT2D eigenvalue weighted by Gasteiger charge is -2.15. The lowest BCUT2D eigenvalue weighted by atomic mass is 9.93. The summed E-state index contributed by atoms with van der Waals surface area (Å²) in [4.78, 5) is 24.7. The third-order valence-electron chi connectivity index (χ3n) is 5.23. The van der Waals surface area contributed by atoms with Crippen LogP contribution in [0.5, 0.6) is 0 Å². The molecule has 2 aliphatic rings. The summed E-state index contributed by atoms with van der Waals surface area (Å²) in [6.45, 7) is 2.68. The molecule has 3 aromatic rings. The molecule has 0 radical (unpaired) electrons. The SMILES string of the molecule is O=C1C[C@@H](c2ccc(-n3cncn3)cc2)c2sc(N3CCCC3)nc2CN1. The van der Waals surface area contributed by atoms with E-state index in [9.17, 15) is 4.79 Å². The number of carbonyl (C=O) groups excluding carboxylic acids is 1. The molecular formula is C19H20N6OS. The first-order chi connectivity index (χ1) is 13.3. The van der Waals surface area contributed by atoms with Crippen molar-refractivity contribution in [3.63, 3.8) is 0 Å². The largest absolute Gasteiger partial charge is 0.350 e. The van der Waals surface area contributed by atoms with Crippen LogP contribution in [0.25, 0.3) is 5.69 Å². The molecule has 8 heteroatoms. The Morgan fingerprint density at radius 2 is 1.96 bits per heavy atom. The zero-order valence-corrected chi connectivity index (χ0v) is 15.7. The molecule has 138 valence electrons. The fourth-order valence-corrected chi connectivity index (χ4v) is 5.06. The van der Waals surface area contributed by atoms with Gasteiger partial charge in [-0.15, -0.1) is 11.3 Å². The summed E-state index contributed by atoms with van der Waals surface area (Å²) in [5.74, 6) is 0.120. The number of amides is 1. The number of anilines is 1. The number of rotatable bonds is 3. The fraction of sp³-hybridized carbons (Fsp3) is 0.368. The van der Waals surface area contributed by atoms with Crippen molar-refractivity contribution in [2.24, 2.45) is 0 Å². The summed E-state index contributed by atoms with van der Waals surface area (Å²) in [6, 6.07) is 8.21. The highest BCUT2D eigenvalue weighted by Crippen LogP contribution is 2.40. The molecule has 2 aromatic heterocycles. The van der Waals surface area contributed by atoms with Crippen LogP contribution in [-0.4, -0.2) is 38.7 Å². The first-order valence-electron chi connectivity index (χ1n) is 9.24. The monoisotopic (exact) mass is 380 g/mol. The van der Waals surface area contributed by atoms with Gasteiger partial charge in [0, 0.05) is 30.3 Å². The summed E-state index contributed by atoms with van der Waals surface area (Å²) in [5.41, 5.74) is 3.10. The molecule has 0 spiro atoms. The van der Waals surface area contributed by atoms with Crippen LogP contribution in [0.4, 0.5) is 5.13 Å². The molecule has 4 heterocycles. The summed E-state index contributed by atoms with van der Waals surface area (Å²) in [5, 5.41) is 8.26. The van der Waals surface area contributed by atoms with Gasteiger partial charge in [-0.2, -0.15) is 5.10 Å². The van der Waals surface area contributed by atoms with Crippen LogP contribution in [0, 0.1) is 0 Å². The van der Waals surface area contributed by atoms with Crippen molar-refractivity contribution < 1.29 is 4.79 Å². The maximum absolute atomic E-state index is 12.3. The smallest absolute Gasteiger partial charge is 0.221 e. The van der Waals surface area contributed by atoms with Gasteiger partial charge >= 0.3 is 0 Å². The van der Waals surface area contributed by atoms with Crippen LogP contribution in [0.3, 0.4) is 0 Å². The molecule has 5 rings (SSSR count). The van der Waals surface area contributed by atoms with Crippen LogP contribution in [0.1, 0.15) is 41.3 Å². The average Bonchev–Trinajstić information content (AvgIpc) is 3.45. The van der Waals surface area contributed by atoms with E-state index >= 15 is 0 Å². The van der Waals surface area contributed by atoms with E-state index in [0.717, 1.165) is 35.2 Å². The first kappa shape index (κ1) is 16.4. The molecular weight excluding hydrogens is 360 g/mol. The van der Waals surface area contributed by atoms with E-state index in [0.29, 0.717) is 13.0 Å². The fourth-order valence-electron chi connectivity index (χ4n) is 3.80. The van der Waals surface area contributed by atoms with Gasteiger partial charge in [0.25, 0.3) is 0 Å². The Morgan fingerprint density at radius 3 is 2.70 bits per heavy atom. The number of benzene rings is 1. The molecule has 1 aromatic carbocycles. The summed E-state index contributed by atoms with van der Waals surface area (Å²) < 4.78 is 1.73. The van der Waals surface area contributed by atoms with Crippen LogP contribution in [0.15, 0.2) is 36.9 Å². The van der Waals surface area contributed by atoms with Gasteiger partial charge in [0.1, 0.15) is 12.7 Å². The molecule has 0 saturated carbocycles. The summed E-state index contributed by atoms with van der Waals surface area (Å²) in [7, 11) is 0. The molecule has 1 atom stereocenters. The number of fused-ring (bicyclic) bond motifs is 1. The van der Waals surface area contributed by atoms with Crippen LogP contribution in [0.2, 0.25) is 0 Å². The summed E-state index contributed by atoms with van der Waals surface area (Å²) >= 11 is 1.75. The number of thiazole rings is 1. The van der Waals surface area contributed by atoms with Gasteiger partial charge in [-0.1, -0.05) is 12.1 Å². The maximum Gasteiger partial charge on any atom is 0.221 e. The molecule has 0 bridgehead atoms. The topological polar surface area (TPSA) is 75.9 Å². The lowest BCUT2D eigenvalue weighted by molar-refractivity contribution is -0.121. The molecule has 1 N–H and O–H groups in total. The third kappa shape index (κ3) is 3.10. The standard InChI is InChI=1S/C19H20N6OS/c26-17-9-15(13-3-5-14(6-4-13)25-12-20-11-22-25)18-16(10-21-17)23-19(27-18)24-7-1-2-8-24/h3-6,11-12,15H,1-2,7-10H2,(H,21,26)/t15-/m0/s1. The first-order valence-corrected chi connectivity index (χ1v) is 10.1. The Bertz CT molecular complexity index is 943. The minimum absolute atomic E-state index is 0.0427. The van der Waals surface area contributed by atoms with Gasteiger partial charge < -0.3 is 10.2 Å². The van der Waals surface area contributed by atoms with Crippen molar-refractivity contribution in [3.8, 4) is 5.69 Å². The highest BCUT2D eigenvalue weighted by atomic mass is 32.1. The number of hydrogen-bond donors (Lipinski definition) is 1. The lowest BCUT2D eigenvalue weighted by Crippen LogP contribution is -2.22. The van der Waals surface area contributed by atoms with Gasteiger partial charge in [-0.3, -0.25) is 4.79 Å². The number of nitrogens with zero attached hydrogens (tertiary/aromatic N) is 5. The molecule has 2 aliphatic heterocycles. The van der Waals surface area contributed by atoms with Crippen molar-refractivity contribution in [1.82, 2.24) is 25.1 Å². The van der Waals surface area contributed by atoms with Gasteiger partial charge in [0.05, 0.1) is 17.9 Å². The number of aromatic nitrogens is 4. The van der Waals surface area contributed by atoms with E-state index in [1.165, 1.54) is 24.0 Å². The highest BCUT2D eigenvalue weighted by Gasteiger charge is 2.29. The molecule has 1 fully saturated rings. The van der Waals surface area contributed by atoms with Crippen LogP contribution in [-0.2, 0) is 11.3 Å². The summed E-state index contributed by atoms with van der Waals surface area (Å²) in [6.07, 6.45) is 6.12. The predicted molar refractivity (Wildman–Crippen MR) is 103 cm³/mol. The maximum atomic E-state index is 12.3. The Labute approximate surface area is 161 Å². The van der Waals surface area contributed by atoms with Crippen LogP contribution >= 0.6 is 11.3 Å². The number of carbonyl (C=O) groups is 1. The van der Waals surface area contributed by atoms with Gasteiger partial charge in [-0.05, 0) is 30.5 Å². The zero-order valence-electron chi connectivity index (χ0n) is 14.8. The number of hydrogen-bond acceptors (Lipinski definition) is 6. The second-order valence-corrected chi connectivity index (χ2v) is 7.98. The van der Waals surface area contributed by atoms with Crippen molar-refractivity contribution >= 4 is 22.4 Å². The minimum Gasteiger partial charge on any atom is -0.350 e. The molecule has 27 heavy (non-hydrogen) atoms. The van der Waals surface area contributed by atoms with E-state index in [-0.39, 0.29) is 11.8 Å². The highest BCUT2D eigenvalue weighted by molar-refractivity contribution is 7.15. The second kappa shape index (κ2) is 6.77. The van der Waals surface area contributed by atoms with Crippen molar-refractivity contribution in [3.05, 3.63) is 53.1 Å². The zero-order chi connectivity index (χ0) is 18.2. The minimum atomic E-state index is 0.0427. The molecule has 1 amide bonds. The van der Waals surface area contributed by atoms with E-state index in [4.69, 9.17) is 4.98 Å². The molecule has 1 saturated heterocycles. The Morgan fingerprint density at radius 1 is 1.15 bits per heavy atom. The molecule has 7 nitrogen and oxygen atoms in total. The van der Waals surface area contributed by atoms with Crippen LogP contribution < -0.4 is 10.2 Å². The van der Waals surface area contributed by atoms with Crippen molar-refractivity contribution in [2.45, 2.75) is 31.7 Å². The normalized spacial score (nSPS) is 19.6. The predicted octanol–water partition coefficient (Wildman–Crippen LogP) is 2.48. The Hall–Kier alpha value is -2.74. The number of nitrogens with one attached hydrogen (secondary N) is 1. The van der Waals surface area contributed by atoms with E-state index in [1.807, 2.05) is 12.1 Å². The van der Waals surface area contributed by atoms with Crippen molar-refractivity contribution in [1.29, 1.82) is 0 Å². The van der Waals surface area contributed by atoms with Gasteiger partial charge in [0.15, 0.2) is 5.13 Å². The quantitative estimate of drug-likeness (QED) is 0.755. The molecule has 0 unspecified atom stereocenters. The van der Waals surface area contributed by atoms with E-state index in [2.05, 4.69) is 32.4 Å². The Kier molecular flexibility index (Phi) is 4.12. The van der Waals surface area contributed by atoms with E-state index in [1.54, 1.807) is 22.3 Å². The van der Waals surface area contributed by atoms with Gasteiger partial charge in [0.2, 0.25) is 5.91 Å².